The molecule has 2 aromatic carbocycles. The van der Waals surface area contributed by atoms with Crippen LogP contribution in [0.4, 0.5) is 5.69 Å². The summed E-state index contributed by atoms with van der Waals surface area (Å²) in [5.41, 5.74) is 5.98. The molecule has 5 heteroatoms. The van der Waals surface area contributed by atoms with Gasteiger partial charge in [-0.05, 0) is 31.2 Å². The van der Waals surface area contributed by atoms with Crippen LogP contribution in [0.1, 0.15) is 11.3 Å². The van der Waals surface area contributed by atoms with Gasteiger partial charge >= 0.3 is 0 Å². The van der Waals surface area contributed by atoms with Gasteiger partial charge in [0.1, 0.15) is 0 Å². The molecule has 0 bridgehead atoms. The van der Waals surface area contributed by atoms with Gasteiger partial charge in [0.05, 0.1) is 23.2 Å². The SMILES string of the molecule is Cc1c(C=NNc2ccccc2)c(=O)n(-c2ccccc2)n1C. The van der Waals surface area contributed by atoms with Crippen molar-refractivity contribution in [2.45, 2.75) is 6.92 Å². The van der Waals surface area contributed by atoms with E-state index in [0.717, 1.165) is 17.1 Å². The minimum atomic E-state index is -0.0881. The molecule has 0 saturated carbocycles. The number of nitrogens with one attached hydrogen (secondary N) is 1. The first-order valence-corrected chi connectivity index (χ1v) is 7.36. The average molecular weight is 306 g/mol. The lowest BCUT2D eigenvalue weighted by atomic mass is 10.3. The van der Waals surface area contributed by atoms with E-state index in [1.165, 1.54) is 0 Å². The highest BCUT2D eigenvalue weighted by atomic mass is 16.1. The third kappa shape index (κ3) is 2.94. The van der Waals surface area contributed by atoms with Gasteiger partial charge in [-0.1, -0.05) is 36.4 Å². The molecule has 0 radical (unpaired) electrons. The highest BCUT2D eigenvalue weighted by Gasteiger charge is 2.14. The molecule has 5 nitrogen and oxygen atoms in total. The van der Waals surface area contributed by atoms with E-state index in [2.05, 4.69) is 10.5 Å². The maximum atomic E-state index is 12.7. The van der Waals surface area contributed by atoms with Gasteiger partial charge in [-0.2, -0.15) is 5.10 Å². The summed E-state index contributed by atoms with van der Waals surface area (Å²) in [6, 6.07) is 19.2. The van der Waals surface area contributed by atoms with E-state index in [1.54, 1.807) is 10.9 Å². The van der Waals surface area contributed by atoms with Crippen molar-refractivity contribution in [2.24, 2.45) is 12.1 Å². The zero-order chi connectivity index (χ0) is 16.2. The van der Waals surface area contributed by atoms with Gasteiger partial charge in [-0.15, -0.1) is 0 Å². The molecule has 1 N–H and O–H groups in total. The summed E-state index contributed by atoms with van der Waals surface area (Å²) in [7, 11) is 1.87. The molecule has 3 rings (SSSR count). The lowest BCUT2D eigenvalue weighted by Crippen LogP contribution is -2.20. The first-order valence-electron chi connectivity index (χ1n) is 7.36. The standard InChI is InChI=1S/C18H18N4O/c1-14-17(13-19-20-15-9-5-3-6-10-15)18(23)22(21(14)2)16-11-7-4-8-12-16/h3-13,20H,1-2H3. The summed E-state index contributed by atoms with van der Waals surface area (Å²) >= 11 is 0. The summed E-state index contributed by atoms with van der Waals surface area (Å²) in [5.74, 6) is 0. The highest BCUT2D eigenvalue weighted by molar-refractivity contribution is 5.81. The molecule has 0 atom stereocenters. The van der Waals surface area contributed by atoms with Crippen molar-refractivity contribution < 1.29 is 0 Å². The van der Waals surface area contributed by atoms with Gasteiger partial charge in [0.15, 0.2) is 0 Å². The summed E-state index contributed by atoms with van der Waals surface area (Å²) in [5, 5.41) is 4.18. The van der Waals surface area contributed by atoms with Crippen LogP contribution >= 0.6 is 0 Å². The normalized spacial score (nSPS) is 11.0. The van der Waals surface area contributed by atoms with E-state index < -0.39 is 0 Å². The van der Waals surface area contributed by atoms with Gasteiger partial charge < -0.3 is 0 Å². The molecule has 0 unspecified atom stereocenters. The number of para-hydroxylation sites is 2. The predicted octanol–water partition coefficient (Wildman–Crippen LogP) is 2.93. The maximum absolute atomic E-state index is 12.7. The molecule has 3 aromatic rings. The molecule has 0 fully saturated rings. The third-order valence-electron chi connectivity index (χ3n) is 3.76. The van der Waals surface area contributed by atoms with Crippen LogP contribution in [-0.4, -0.2) is 15.6 Å². The molecule has 23 heavy (non-hydrogen) atoms. The fraction of sp³-hybridized carbons (Fsp3) is 0.111. The van der Waals surface area contributed by atoms with Crippen LogP contribution in [0.5, 0.6) is 0 Å². The second-order valence-corrected chi connectivity index (χ2v) is 5.21. The Morgan fingerprint density at radius 2 is 1.61 bits per heavy atom. The largest absolute Gasteiger partial charge is 0.285 e. The van der Waals surface area contributed by atoms with E-state index in [9.17, 15) is 4.79 Å². The Bertz CT molecular complexity index is 877. The Morgan fingerprint density at radius 1 is 1.00 bits per heavy atom. The third-order valence-corrected chi connectivity index (χ3v) is 3.76. The van der Waals surface area contributed by atoms with Crippen LogP contribution in [0, 0.1) is 6.92 Å². The van der Waals surface area contributed by atoms with E-state index >= 15 is 0 Å². The van der Waals surface area contributed by atoms with E-state index in [1.807, 2.05) is 79.3 Å². The van der Waals surface area contributed by atoms with Gasteiger partial charge in [0.25, 0.3) is 5.56 Å². The maximum Gasteiger partial charge on any atom is 0.280 e. The fourth-order valence-corrected chi connectivity index (χ4v) is 2.42. The monoisotopic (exact) mass is 306 g/mol. The number of benzene rings is 2. The molecule has 1 aromatic heterocycles. The van der Waals surface area contributed by atoms with Crippen molar-refractivity contribution in [2.75, 3.05) is 5.43 Å². The average Bonchev–Trinajstić information content (AvgIpc) is 2.80. The molecule has 116 valence electrons. The molecule has 0 aliphatic heterocycles. The van der Waals surface area contributed by atoms with Crippen molar-refractivity contribution >= 4 is 11.9 Å². The smallest absolute Gasteiger partial charge is 0.280 e. The Balaban J connectivity index is 1.94. The van der Waals surface area contributed by atoms with Gasteiger partial charge in [0, 0.05) is 12.7 Å². The molecular weight excluding hydrogens is 288 g/mol. The van der Waals surface area contributed by atoms with Gasteiger partial charge in [-0.3, -0.25) is 14.9 Å². The van der Waals surface area contributed by atoms with Crippen LogP contribution in [0.25, 0.3) is 5.69 Å². The van der Waals surface area contributed by atoms with Crippen molar-refractivity contribution in [1.82, 2.24) is 9.36 Å². The van der Waals surface area contributed by atoms with Crippen molar-refractivity contribution in [3.63, 3.8) is 0 Å². The molecule has 0 saturated heterocycles. The van der Waals surface area contributed by atoms with Crippen molar-refractivity contribution in [3.8, 4) is 5.69 Å². The van der Waals surface area contributed by atoms with Crippen LogP contribution in [-0.2, 0) is 7.05 Å². The minimum absolute atomic E-state index is 0.0881. The zero-order valence-electron chi connectivity index (χ0n) is 13.1. The zero-order valence-corrected chi connectivity index (χ0v) is 13.1. The molecule has 0 amide bonds. The second-order valence-electron chi connectivity index (χ2n) is 5.21. The molecule has 1 heterocycles. The van der Waals surface area contributed by atoms with Crippen molar-refractivity contribution in [3.05, 3.63) is 82.3 Å². The Hall–Kier alpha value is -3.08. The van der Waals surface area contributed by atoms with E-state index in [-0.39, 0.29) is 5.56 Å². The van der Waals surface area contributed by atoms with Gasteiger partial charge in [0.2, 0.25) is 0 Å². The quantitative estimate of drug-likeness (QED) is 0.595. The number of hydrogen-bond donors (Lipinski definition) is 1. The molecular formula is C18H18N4O. The summed E-state index contributed by atoms with van der Waals surface area (Å²) in [6.07, 6.45) is 1.57. The first-order chi connectivity index (χ1) is 11.2. The minimum Gasteiger partial charge on any atom is -0.285 e. The van der Waals surface area contributed by atoms with Crippen LogP contribution in [0.15, 0.2) is 70.6 Å². The molecule has 0 aliphatic rings. The number of nitrogens with zero attached hydrogens (tertiary/aromatic N) is 3. The fourth-order valence-electron chi connectivity index (χ4n) is 2.42. The number of rotatable bonds is 4. The summed E-state index contributed by atoms with van der Waals surface area (Å²) in [6.45, 7) is 1.91. The Kier molecular flexibility index (Phi) is 4.10. The Labute approximate surface area is 134 Å². The van der Waals surface area contributed by atoms with E-state index in [0.29, 0.717) is 5.56 Å². The van der Waals surface area contributed by atoms with Crippen LogP contribution in [0.3, 0.4) is 0 Å². The van der Waals surface area contributed by atoms with Crippen LogP contribution < -0.4 is 11.0 Å². The topological polar surface area (TPSA) is 51.3 Å². The molecule has 0 aliphatic carbocycles. The summed E-state index contributed by atoms with van der Waals surface area (Å²) < 4.78 is 3.47. The first kappa shape index (κ1) is 14.8. The lowest BCUT2D eigenvalue weighted by molar-refractivity contribution is 0.630. The van der Waals surface area contributed by atoms with Crippen molar-refractivity contribution in [1.29, 1.82) is 0 Å². The highest BCUT2D eigenvalue weighted by Crippen LogP contribution is 2.09. The number of hydrogen-bond acceptors (Lipinski definition) is 3. The molecule has 0 spiro atoms. The number of hydrazone groups is 1. The van der Waals surface area contributed by atoms with Crippen LogP contribution in [0.2, 0.25) is 0 Å². The van der Waals surface area contributed by atoms with E-state index in [4.69, 9.17) is 0 Å². The van der Waals surface area contributed by atoms with Gasteiger partial charge in [-0.25, -0.2) is 4.68 Å². The lowest BCUT2D eigenvalue weighted by Gasteiger charge is -2.07. The Morgan fingerprint density at radius 3 is 2.26 bits per heavy atom. The predicted molar refractivity (Wildman–Crippen MR) is 93.4 cm³/mol. The second kappa shape index (κ2) is 6.36. The number of anilines is 1. The summed E-state index contributed by atoms with van der Waals surface area (Å²) in [4.78, 5) is 12.7. The number of aromatic nitrogens is 2.